The second-order valence-corrected chi connectivity index (χ2v) is 9.54. The lowest BCUT2D eigenvalue weighted by Gasteiger charge is -2.45. The van der Waals surface area contributed by atoms with E-state index in [4.69, 9.17) is 9.47 Å². The summed E-state index contributed by atoms with van der Waals surface area (Å²) in [4.78, 5) is 26.4. The molecule has 0 N–H and O–H groups in total. The van der Waals surface area contributed by atoms with Gasteiger partial charge in [0.05, 0.1) is 11.1 Å². The van der Waals surface area contributed by atoms with E-state index < -0.39 is 5.41 Å². The SMILES string of the molecule is CCCCC(CCCC)(C(CCC)OC(=O)c1ccccc1)C(CCC)OC(=O)c1ccccc1. The van der Waals surface area contributed by atoms with Crippen molar-refractivity contribution in [3.63, 3.8) is 0 Å². The van der Waals surface area contributed by atoms with Crippen LogP contribution in [0.4, 0.5) is 0 Å². The third-order valence-electron chi connectivity index (χ3n) is 6.89. The fourth-order valence-electron chi connectivity index (χ4n) is 4.98. The van der Waals surface area contributed by atoms with Crippen molar-refractivity contribution in [3.05, 3.63) is 71.8 Å². The average molecular weight is 481 g/mol. The van der Waals surface area contributed by atoms with Gasteiger partial charge in [0.2, 0.25) is 0 Å². The van der Waals surface area contributed by atoms with Crippen LogP contribution in [-0.2, 0) is 9.47 Å². The van der Waals surface area contributed by atoms with E-state index in [0.29, 0.717) is 11.1 Å². The van der Waals surface area contributed by atoms with Crippen LogP contribution in [-0.4, -0.2) is 24.1 Å². The molecule has 35 heavy (non-hydrogen) atoms. The summed E-state index contributed by atoms with van der Waals surface area (Å²) in [7, 11) is 0. The number of hydrogen-bond donors (Lipinski definition) is 0. The molecule has 2 aromatic carbocycles. The van der Waals surface area contributed by atoms with E-state index in [1.165, 1.54) is 0 Å². The van der Waals surface area contributed by atoms with Crippen molar-refractivity contribution in [2.24, 2.45) is 5.41 Å². The first-order valence-electron chi connectivity index (χ1n) is 13.5. The summed E-state index contributed by atoms with van der Waals surface area (Å²) < 4.78 is 12.6. The zero-order valence-corrected chi connectivity index (χ0v) is 22.1. The summed E-state index contributed by atoms with van der Waals surface area (Å²) >= 11 is 0. The molecule has 4 heteroatoms. The van der Waals surface area contributed by atoms with Gasteiger partial charge in [-0.2, -0.15) is 0 Å². The van der Waals surface area contributed by atoms with Crippen LogP contribution in [0, 0.1) is 5.41 Å². The minimum Gasteiger partial charge on any atom is -0.458 e. The highest BCUT2D eigenvalue weighted by molar-refractivity contribution is 5.90. The van der Waals surface area contributed by atoms with Crippen molar-refractivity contribution in [1.82, 2.24) is 0 Å². The molecule has 0 aromatic heterocycles. The third kappa shape index (κ3) is 8.23. The second kappa shape index (κ2) is 15.4. The second-order valence-electron chi connectivity index (χ2n) is 9.54. The van der Waals surface area contributed by atoms with Crippen LogP contribution in [0.25, 0.3) is 0 Å². The molecule has 0 spiro atoms. The molecule has 0 heterocycles. The highest BCUT2D eigenvalue weighted by Gasteiger charge is 2.48. The van der Waals surface area contributed by atoms with Crippen LogP contribution in [0.5, 0.6) is 0 Å². The summed E-state index contributed by atoms with van der Waals surface area (Å²) in [6, 6.07) is 18.4. The highest BCUT2D eigenvalue weighted by atomic mass is 16.6. The Labute approximate surface area is 212 Å². The molecule has 0 fully saturated rings. The molecule has 0 aliphatic rings. The summed E-state index contributed by atoms with van der Waals surface area (Å²) in [5.74, 6) is -0.600. The topological polar surface area (TPSA) is 52.6 Å². The molecule has 0 radical (unpaired) electrons. The molecular formula is C31H44O4. The third-order valence-corrected chi connectivity index (χ3v) is 6.89. The minimum atomic E-state index is -0.424. The van der Waals surface area contributed by atoms with E-state index in [0.717, 1.165) is 64.2 Å². The first-order chi connectivity index (χ1) is 17.0. The number of carbonyl (C=O) groups excluding carboxylic acids is 2. The molecule has 2 unspecified atom stereocenters. The summed E-state index contributed by atoms with van der Waals surface area (Å²) in [6.45, 7) is 8.61. The number of esters is 2. The van der Waals surface area contributed by atoms with E-state index in [1.807, 2.05) is 36.4 Å². The van der Waals surface area contributed by atoms with Crippen molar-refractivity contribution in [3.8, 4) is 0 Å². The summed E-state index contributed by atoms with van der Waals surface area (Å²) in [5.41, 5.74) is 0.691. The molecule has 2 atom stereocenters. The Hall–Kier alpha value is -2.62. The maximum absolute atomic E-state index is 13.2. The predicted octanol–water partition coefficient (Wildman–Crippen LogP) is 8.40. The molecule has 0 amide bonds. The van der Waals surface area contributed by atoms with E-state index in [-0.39, 0.29) is 24.1 Å². The van der Waals surface area contributed by atoms with Crippen molar-refractivity contribution < 1.29 is 19.1 Å². The quantitative estimate of drug-likeness (QED) is 0.226. The minimum absolute atomic E-state index is 0.300. The van der Waals surface area contributed by atoms with Gasteiger partial charge in [0, 0.05) is 5.41 Å². The Kier molecular flexibility index (Phi) is 12.6. The van der Waals surface area contributed by atoms with Crippen LogP contribution >= 0.6 is 0 Å². The van der Waals surface area contributed by atoms with E-state index in [2.05, 4.69) is 27.7 Å². The Morgan fingerprint density at radius 3 is 1.31 bits per heavy atom. The Morgan fingerprint density at radius 2 is 1.00 bits per heavy atom. The number of hydrogen-bond acceptors (Lipinski definition) is 4. The normalized spacial score (nSPS) is 13.1. The average Bonchev–Trinajstić information content (AvgIpc) is 2.89. The van der Waals surface area contributed by atoms with Crippen LogP contribution in [0.15, 0.2) is 60.7 Å². The highest BCUT2D eigenvalue weighted by Crippen LogP contribution is 2.45. The molecule has 0 saturated heterocycles. The van der Waals surface area contributed by atoms with Gasteiger partial charge in [-0.25, -0.2) is 9.59 Å². The molecule has 0 aliphatic heterocycles. The van der Waals surface area contributed by atoms with Crippen molar-refractivity contribution in [2.45, 2.75) is 104 Å². The van der Waals surface area contributed by atoms with Crippen LogP contribution in [0.1, 0.15) is 113 Å². The largest absolute Gasteiger partial charge is 0.458 e. The van der Waals surface area contributed by atoms with Crippen LogP contribution in [0.2, 0.25) is 0 Å². The Morgan fingerprint density at radius 1 is 0.629 bits per heavy atom. The van der Waals surface area contributed by atoms with Crippen LogP contribution < -0.4 is 0 Å². The first kappa shape index (κ1) is 28.6. The molecule has 2 rings (SSSR count). The maximum Gasteiger partial charge on any atom is 0.338 e. The Balaban J connectivity index is 2.50. The molecule has 0 bridgehead atoms. The fourth-order valence-corrected chi connectivity index (χ4v) is 4.98. The van der Waals surface area contributed by atoms with E-state index in [9.17, 15) is 9.59 Å². The van der Waals surface area contributed by atoms with Gasteiger partial charge in [0.1, 0.15) is 12.2 Å². The smallest absolute Gasteiger partial charge is 0.338 e. The lowest BCUT2D eigenvalue weighted by molar-refractivity contribution is -0.104. The number of carbonyl (C=O) groups is 2. The van der Waals surface area contributed by atoms with Gasteiger partial charge < -0.3 is 9.47 Å². The van der Waals surface area contributed by atoms with Gasteiger partial charge in [-0.15, -0.1) is 0 Å². The number of rotatable bonds is 16. The number of unbranched alkanes of at least 4 members (excludes halogenated alkanes) is 2. The Bertz CT molecular complexity index is 789. The fraction of sp³-hybridized carbons (Fsp3) is 0.548. The molecular weight excluding hydrogens is 436 g/mol. The molecule has 192 valence electrons. The standard InChI is InChI=1S/C31H44O4/c1-5-9-23-31(24-10-6-2,27(17-7-3)34-29(32)25-19-13-11-14-20-25)28(18-8-4)35-30(33)26-21-15-12-16-22-26/h11-16,19-22,27-28H,5-10,17-18,23-24H2,1-4H3. The molecule has 0 aliphatic carbocycles. The summed E-state index contributed by atoms with van der Waals surface area (Å²) in [6.07, 6.45) is 8.41. The van der Waals surface area contributed by atoms with Gasteiger partial charge in [-0.1, -0.05) is 103 Å². The van der Waals surface area contributed by atoms with Gasteiger partial charge in [0.15, 0.2) is 0 Å². The molecule has 2 aromatic rings. The first-order valence-corrected chi connectivity index (χ1v) is 13.5. The summed E-state index contributed by atoms with van der Waals surface area (Å²) in [5, 5.41) is 0. The maximum atomic E-state index is 13.2. The van der Waals surface area contributed by atoms with Gasteiger partial charge >= 0.3 is 11.9 Å². The van der Waals surface area contributed by atoms with Crippen molar-refractivity contribution in [1.29, 1.82) is 0 Å². The van der Waals surface area contributed by atoms with Crippen molar-refractivity contribution in [2.75, 3.05) is 0 Å². The monoisotopic (exact) mass is 480 g/mol. The van der Waals surface area contributed by atoms with E-state index >= 15 is 0 Å². The lowest BCUT2D eigenvalue weighted by atomic mass is 9.67. The number of benzene rings is 2. The molecule has 4 nitrogen and oxygen atoms in total. The van der Waals surface area contributed by atoms with Crippen molar-refractivity contribution >= 4 is 11.9 Å². The van der Waals surface area contributed by atoms with Gasteiger partial charge in [0.25, 0.3) is 0 Å². The van der Waals surface area contributed by atoms with Crippen LogP contribution in [0.3, 0.4) is 0 Å². The van der Waals surface area contributed by atoms with E-state index in [1.54, 1.807) is 24.3 Å². The number of ether oxygens (including phenoxy) is 2. The predicted molar refractivity (Wildman–Crippen MR) is 143 cm³/mol. The van der Waals surface area contributed by atoms with Gasteiger partial charge in [-0.05, 0) is 49.9 Å². The molecule has 0 saturated carbocycles. The zero-order valence-electron chi connectivity index (χ0n) is 22.1. The van der Waals surface area contributed by atoms with Gasteiger partial charge in [-0.3, -0.25) is 0 Å². The zero-order chi connectivity index (χ0) is 25.5. The lowest BCUT2D eigenvalue weighted by Crippen LogP contribution is -2.49.